The van der Waals surface area contributed by atoms with E-state index in [-0.39, 0.29) is 31.1 Å². The van der Waals surface area contributed by atoms with E-state index in [0.29, 0.717) is 19.3 Å². The van der Waals surface area contributed by atoms with Gasteiger partial charge in [0.05, 0.1) is 0 Å². The minimum absolute atomic E-state index is 0.0638. The van der Waals surface area contributed by atoms with Crippen LogP contribution in [0.3, 0.4) is 0 Å². The van der Waals surface area contributed by atoms with Crippen LogP contribution in [-0.4, -0.2) is 37.2 Å². The molecule has 0 N–H and O–H groups in total. The number of unbranched alkanes of at least 4 members (excludes halogenated alkanes) is 32. The fraction of sp³-hybridized carbons (Fsp3) is 0.936. The largest absolute Gasteiger partial charge is 0.462 e. The van der Waals surface area contributed by atoms with E-state index in [9.17, 15) is 14.4 Å². The lowest BCUT2D eigenvalue weighted by Gasteiger charge is -2.18. The van der Waals surface area contributed by atoms with Gasteiger partial charge in [-0.1, -0.05) is 226 Å². The highest BCUT2D eigenvalue weighted by molar-refractivity contribution is 5.71. The highest BCUT2D eigenvalue weighted by Crippen LogP contribution is 2.16. The number of hydrogen-bond donors (Lipinski definition) is 0. The summed E-state index contributed by atoms with van der Waals surface area (Å²) in [4.78, 5) is 37.5. The van der Waals surface area contributed by atoms with Crippen LogP contribution < -0.4 is 0 Å². The Labute approximate surface area is 329 Å². The number of carbonyl (C=O) groups excluding carboxylic acids is 3. The molecule has 0 heterocycles. The van der Waals surface area contributed by atoms with Crippen LogP contribution in [0.15, 0.2) is 0 Å². The normalized spacial score (nSPS) is 11.8. The molecule has 0 amide bonds. The fourth-order valence-corrected chi connectivity index (χ4v) is 7.03. The third-order valence-electron chi connectivity index (χ3n) is 10.6. The molecule has 0 aliphatic carbocycles. The van der Waals surface area contributed by atoms with Crippen molar-refractivity contribution in [2.75, 3.05) is 13.2 Å². The van der Waals surface area contributed by atoms with Gasteiger partial charge in [0.2, 0.25) is 0 Å². The van der Waals surface area contributed by atoms with Crippen LogP contribution in [0.5, 0.6) is 0 Å². The van der Waals surface area contributed by atoms with Crippen LogP contribution in [0.2, 0.25) is 0 Å². The van der Waals surface area contributed by atoms with Gasteiger partial charge in [0.1, 0.15) is 13.2 Å². The fourth-order valence-electron chi connectivity index (χ4n) is 7.03. The molecule has 0 spiro atoms. The summed E-state index contributed by atoms with van der Waals surface area (Å²) in [5, 5.41) is 0. The molecule has 314 valence electrons. The van der Waals surface area contributed by atoms with Gasteiger partial charge in [-0.3, -0.25) is 14.4 Å². The molecular weight excluding hydrogens is 661 g/mol. The lowest BCUT2D eigenvalue weighted by Crippen LogP contribution is -2.30. The first-order valence-corrected chi connectivity index (χ1v) is 23.5. The van der Waals surface area contributed by atoms with Crippen LogP contribution >= 0.6 is 0 Å². The summed E-state index contributed by atoms with van der Waals surface area (Å²) in [5.74, 6) is -0.864. The predicted molar refractivity (Wildman–Crippen MR) is 224 cm³/mol. The van der Waals surface area contributed by atoms with Crippen LogP contribution in [0, 0.1) is 0 Å². The van der Waals surface area contributed by atoms with Crippen molar-refractivity contribution in [1.82, 2.24) is 0 Å². The third-order valence-corrected chi connectivity index (χ3v) is 10.6. The van der Waals surface area contributed by atoms with Gasteiger partial charge in [0.15, 0.2) is 6.10 Å². The lowest BCUT2D eigenvalue weighted by atomic mass is 10.0. The Bertz CT molecular complexity index is 783. The van der Waals surface area contributed by atoms with Gasteiger partial charge in [-0.05, 0) is 19.3 Å². The summed E-state index contributed by atoms with van der Waals surface area (Å²) in [6, 6.07) is 0. The van der Waals surface area contributed by atoms with E-state index in [1.165, 1.54) is 161 Å². The standard InChI is InChI=1S/C47H90O6/c1-4-7-10-13-15-17-19-21-22-23-24-25-26-28-30-32-35-38-41-47(50)53-44(42-51-45(48)39-36-33-12-9-6-3)43-52-46(49)40-37-34-31-29-27-20-18-16-14-11-8-5-2/h44H,4-43H2,1-3H3/t44-/m1/s1. The molecule has 0 bridgehead atoms. The van der Waals surface area contributed by atoms with Gasteiger partial charge >= 0.3 is 17.9 Å². The minimum atomic E-state index is -0.756. The Kier molecular flexibility index (Phi) is 41.8. The summed E-state index contributed by atoms with van der Waals surface area (Å²) in [6.07, 6.45) is 44.0. The molecule has 1 atom stereocenters. The number of ether oxygens (including phenoxy) is 3. The van der Waals surface area contributed by atoms with Gasteiger partial charge in [-0.15, -0.1) is 0 Å². The van der Waals surface area contributed by atoms with Crippen molar-refractivity contribution in [2.45, 2.75) is 271 Å². The van der Waals surface area contributed by atoms with Crippen molar-refractivity contribution in [3.63, 3.8) is 0 Å². The Hall–Kier alpha value is -1.59. The van der Waals surface area contributed by atoms with E-state index in [0.717, 1.165) is 64.2 Å². The number of rotatable bonds is 43. The van der Waals surface area contributed by atoms with Crippen molar-refractivity contribution >= 4 is 17.9 Å². The van der Waals surface area contributed by atoms with Crippen LogP contribution in [0.25, 0.3) is 0 Å². The highest BCUT2D eigenvalue weighted by atomic mass is 16.6. The van der Waals surface area contributed by atoms with E-state index < -0.39 is 6.10 Å². The van der Waals surface area contributed by atoms with Gasteiger partial charge in [-0.2, -0.15) is 0 Å². The average molecular weight is 751 g/mol. The second-order valence-corrected chi connectivity index (χ2v) is 16.0. The summed E-state index contributed by atoms with van der Waals surface area (Å²) in [6.45, 7) is 6.58. The third kappa shape index (κ3) is 41.4. The Morgan fingerprint density at radius 3 is 0.755 bits per heavy atom. The molecule has 0 aliphatic heterocycles. The maximum Gasteiger partial charge on any atom is 0.306 e. The van der Waals surface area contributed by atoms with Crippen molar-refractivity contribution in [2.24, 2.45) is 0 Å². The Balaban J connectivity index is 4.13. The Morgan fingerprint density at radius 2 is 0.509 bits per heavy atom. The molecule has 0 unspecified atom stereocenters. The molecule has 0 aromatic heterocycles. The lowest BCUT2D eigenvalue weighted by molar-refractivity contribution is -0.167. The average Bonchev–Trinajstić information content (AvgIpc) is 3.15. The molecule has 0 aliphatic rings. The van der Waals surface area contributed by atoms with Crippen molar-refractivity contribution in [1.29, 1.82) is 0 Å². The molecule has 0 aromatic carbocycles. The molecule has 0 rings (SSSR count). The number of hydrogen-bond acceptors (Lipinski definition) is 6. The van der Waals surface area contributed by atoms with E-state index in [2.05, 4.69) is 20.8 Å². The van der Waals surface area contributed by atoms with Gasteiger partial charge in [0, 0.05) is 19.3 Å². The first-order valence-electron chi connectivity index (χ1n) is 23.5. The van der Waals surface area contributed by atoms with Gasteiger partial charge in [0.25, 0.3) is 0 Å². The van der Waals surface area contributed by atoms with E-state index in [1.807, 2.05) is 0 Å². The zero-order valence-electron chi connectivity index (χ0n) is 35.8. The minimum Gasteiger partial charge on any atom is -0.462 e. The monoisotopic (exact) mass is 751 g/mol. The number of carbonyl (C=O) groups is 3. The molecule has 0 radical (unpaired) electrons. The molecule has 53 heavy (non-hydrogen) atoms. The summed E-state index contributed by atoms with van der Waals surface area (Å²) < 4.78 is 16.6. The smallest absolute Gasteiger partial charge is 0.306 e. The Morgan fingerprint density at radius 1 is 0.302 bits per heavy atom. The van der Waals surface area contributed by atoms with E-state index in [1.54, 1.807) is 0 Å². The summed E-state index contributed by atoms with van der Waals surface area (Å²) in [5.41, 5.74) is 0. The molecule has 0 aromatic rings. The summed E-state index contributed by atoms with van der Waals surface area (Å²) >= 11 is 0. The van der Waals surface area contributed by atoms with Gasteiger partial charge < -0.3 is 14.2 Å². The van der Waals surface area contributed by atoms with Crippen LogP contribution in [0.4, 0.5) is 0 Å². The SMILES string of the molecule is CCCCCCCCCCCCCCCCCCCCC(=O)O[C@H](COC(=O)CCCCCCC)COC(=O)CCCCCCCCCCCCCC. The second kappa shape index (κ2) is 43.1. The van der Waals surface area contributed by atoms with Crippen LogP contribution in [-0.2, 0) is 28.6 Å². The molecule has 0 saturated carbocycles. The maximum absolute atomic E-state index is 12.7. The molecule has 6 nitrogen and oxygen atoms in total. The zero-order valence-corrected chi connectivity index (χ0v) is 35.8. The first kappa shape index (κ1) is 51.4. The highest BCUT2D eigenvalue weighted by Gasteiger charge is 2.19. The quantitative estimate of drug-likeness (QED) is 0.0351. The van der Waals surface area contributed by atoms with Crippen LogP contribution in [0.1, 0.15) is 265 Å². The number of esters is 3. The second-order valence-electron chi connectivity index (χ2n) is 16.0. The molecule has 0 saturated heterocycles. The van der Waals surface area contributed by atoms with E-state index in [4.69, 9.17) is 14.2 Å². The van der Waals surface area contributed by atoms with Crippen molar-refractivity contribution in [3.8, 4) is 0 Å². The predicted octanol–water partition coefficient (Wildman–Crippen LogP) is 14.9. The van der Waals surface area contributed by atoms with Crippen molar-refractivity contribution < 1.29 is 28.6 Å². The van der Waals surface area contributed by atoms with Crippen molar-refractivity contribution in [3.05, 3.63) is 0 Å². The summed E-state index contributed by atoms with van der Waals surface area (Å²) in [7, 11) is 0. The molecular formula is C47H90O6. The maximum atomic E-state index is 12.7. The zero-order chi connectivity index (χ0) is 38.7. The van der Waals surface area contributed by atoms with E-state index >= 15 is 0 Å². The van der Waals surface area contributed by atoms with Gasteiger partial charge in [-0.25, -0.2) is 0 Å². The molecule has 0 fully saturated rings. The topological polar surface area (TPSA) is 78.9 Å². The molecule has 6 heteroatoms. The first-order chi connectivity index (χ1) is 26.0.